The van der Waals surface area contributed by atoms with E-state index < -0.39 is 5.60 Å². The molecule has 1 saturated heterocycles. The molecule has 0 radical (unpaired) electrons. The number of likely N-dealkylation sites (tertiary alicyclic amines) is 1. The second-order valence-electron chi connectivity index (χ2n) is 9.39. The molecule has 2 aliphatic rings. The molecule has 1 aromatic heterocycles. The number of nitrogens with zero attached hydrogens (tertiary/aromatic N) is 1. The fourth-order valence-corrected chi connectivity index (χ4v) is 5.87. The quantitative estimate of drug-likeness (QED) is 0.590. The summed E-state index contributed by atoms with van der Waals surface area (Å²) in [6.45, 7) is 7.95. The fraction of sp³-hybridized carbons (Fsp3) is 0.577. The summed E-state index contributed by atoms with van der Waals surface area (Å²) in [5.41, 5.74) is 1.86. The summed E-state index contributed by atoms with van der Waals surface area (Å²) < 4.78 is 5.34. The summed E-state index contributed by atoms with van der Waals surface area (Å²) >= 11 is 0. The predicted molar refractivity (Wildman–Crippen MR) is 126 cm³/mol. The maximum absolute atomic E-state index is 12.8. The molecular formula is C26H38N3O3+. The van der Waals surface area contributed by atoms with Crippen molar-refractivity contribution in [2.75, 3.05) is 31.1 Å². The summed E-state index contributed by atoms with van der Waals surface area (Å²) in [7, 11) is 0. The Balaban J connectivity index is 1.54. The van der Waals surface area contributed by atoms with Gasteiger partial charge in [-0.05, 0) is 51.0 Å². The number of amides is 1. The SMILES string of the molecule is CCN(CC)c1ccc([C@@H]2[C@@H]3CCCC[C@@]3(O)CC[NH+]2CC(=O)NCc2ccco2)cc1. The Bertz CT molecular complexity index is 863. The first-order chi connectivity index (χ1) is 15.5. The number of hydrogen-bond donors (Lipinski definition) is 3. The van der Waals surface area contributed by atoms with Gasteiger partial charge in [-0.2, -0.15) is 0 Å². The predicted octanol–water partition coefficient (Wildman–Crippen LogP) is 2.69. The Kier molecular flexibility index (Phi) is 7.21. The molecule has 0 bridgehead atoms. The van der Waals surface area contributed by atoms with Crippen LogP contribution in [0.4, 0.5) is 5.69 Å². The van der Waals surface area contributed by atoms with Crippen molar-refractivity contribution in [3.05, 3.63) is 54.0 Å². The van der Waals surface area contributed by atoms with Gasteiger partial charge >= 0.3 is 0 Å². The number of carbonyl (C=O) groups excluding carboxylic acids is 1. The smallest absolute Gasteiger partial charge is 0.275 e. The van der Waals surface area contributed by atoms with Crippen molar-refractivity contribution in [3.8, 4) is 0 Å². The Morgan fingerprint density at radius 3 is 2.66 bits per heavy atom. The topological polar surface area (TPSA) is 70.2 Å². The van der Waals surface area contributed by atoms with Crippen molar-refractivity contribution >= 4 is 11.6 Å². The average Bonchev–Trinajstić information content (AvgIpc) is 3.33. The number of furan rings is 1. The molecule has 2 aromatic rings. The molecule has 174 valence electrons. The Morgan fingerprint density at radius 2 is 1.97 bits per heavy atom. The lowest BCUT2D eigenvalue weighted by atomic mass is 9.66. The van der Waals surface area contributed by atoms with Gasteiger partial charge in [0.25, 0.3) is 5.91 Å². The maximum Gasteiger partial charge on any atom is 0.275 e. The first kappa shape index (κ1) is 22.9. The molecule has 6 nitrogen and oxygen atoms in total. The third-order valence-electron chi connectivity index (χ3n) is 7.59. The molecular weight excluding hydrogens is 402 g/mol. The zero-order chi connectivity index (χ0) is 22.6. The Labute approximate surface area is 191 Å². The van der Waals surface area contributed by atoms with Gasteiger partial charge in [-0.25, -0.2) is 0 Å². The van der Waals surface area contributed by atoms with Crippen molar-refractivity contribution in [1.82, 2.24) is 5.32 Å². The Hall–Kier alpha value is -2.31. The summed E-state index contributed by atoms with van der Waals surface area (Å²) in [6.07, 6.45) is 6.55. The van der Waals surface area contributed by atoms with Gasteiger partial charge in [0, 0.05) is 36.7 Å². The molecule has 1 aliphatic carbocycles. The minimum Gasteiger partial charge on any atom is -0.467 e. The van der Waals surface area contributed by atoms with Gasteiger partial charge < -0.3 is 24.6 Å². The van der Waals surface area contributed by atoms with Crippen LogP contribution in [-0.4, -0.2) is 42.8 Å². The van der Waals surface area contributed by atoms with Crippen molar-refractivity contribution in [1.29, 1.82) is 0 Å². The van der Waals surface area contributed by atoms with Crippen LogP contribution >= 0.6 is 0 Å². The molecule has 2 heterocycles. The normalized spacial score (nSPS) is 27.5. The number of aliphatic hydroxyl groups is 1. The summed E-state index contributed by atoms with van der Waals surface area (Å²) in [5, 5.41) is 14.5. The highest BCUT2D eigenvalue weighted by atomic mass is 16.3. The van der Waals surface area contributed by atoms with Crippen molar-refractivity contribution in [3.63, 3.8) is 0 Å². The van der Waals surface area contributed by atoms with E-state index in [0.29, 0.717) is 13.1 Å². The van der Waals surface area contributed by atoms with Crippen molar-refractivity contribution in [2.45, 2.75) is 64.1 Å². The van der Waals surface area contributed by atoms with Crippen LogP contribution in [0.5, 0.6) is 0 Å². The molecule has 1 saturated carbocycles. The molecule has 3 N–H and O–H groups in total. The number of rotatable bonds is 8. The highest BCUT2D eigenvalue weighted by Crippen LogP contribution is 2.44. The lowest BCUT2D eigenvalue weighted by Gasteiger charge is -2.50. The number of nitrogens with one attached hydrogen (secondary N) is 2. The van der Waals surface area contributed by atoms with Gasteiger partial charge in [-0.15, -0.1) is 0 Å². The average molecular weight is 441 g/mol. The van der Waals surface area contributed by atoms with Gasteiger partial charge in [-0.3, -0.25) is 4.79 Å². The maximum atomic E-state index is 12.8. The molecule has 0 spiro atoms. The van der Waals surface area contributed by atoms with Crippen LogP contribution < -0.4 is 15.1 Å². The van der Waals surface area contributed by atoms with Gasteiger partial charge in [0.15, 0.2) is 6.54 Å². The molecule has 1 aliphatic heterocycles. The van der Waals surface area contributed by atoms with E-state index in [1.807, 2.05) is 12.1 Å². The van der Waals surface area contributed by atoms with E-state index >= 15 is 0 Å². The first-order valence-electron chi connectivity index (χ1n) is 12.2. The third kappa shape index (κ3) is 4.86. The van der Waals surface area contributed by atoms with E-state index in [1.54, 1.807) is 6.26 Å². The molecule has 1 amide bonds. The van der Waals surface area contributed by atoms with Crippen LogP contribution in [0.1, 0.15) is 63.3 Å². The van der Waals surface area contributed by atoms with Crippen LogP contribution in [0.2, 0.25) is 0 Å². The lowest BCUT2D eigenvalue weighted by molar-refractivity contribution is -0.937. The third-order valence-corrected chi connectivity index (χ3v) is 7.59. The van der Waals surface area contributed by atoms with Crippen LogP contribution in [0.25, 0.3) is 0 Å². The van der Waals surface area contributed by atoms with E-state index in [9.17, 15) is 9.90 Å². The molecule has 6 heteroatoms. The molecule has 4 atom stereocenters. The van der Waals surface area contributed by atoms with Crippen LogP contribution in [0.3, 0.4) is 0 Å². The van der Waals surface area contributed by atoms with Crippen LogP contribution in [0, 0.1) is 5.92 Å². The molecule has 4 rings (SSSR count). The fourth-order valence-electron chi connectivity index (χ4n) is 5.87. The summed E-state index contributed by atoms with van der Waals surface area (Å²) in [4.78, 5) is 16.4. The van der Waals surface area contributed by atoms with E-state index in [2.05, 4.69) is 48.3 Å². The van der Waals surface area contributed by atoms with Gasteiger partial charge in [-0.1, -0.05) is 25.0 Å². The largest absolute Gasteiger partial charge is 0.467 e. The highest BCUT2D eigenvalue weighted by molar-refractivity contribution is 5.76. The monoisotopic (exact) mass is 440 g/mol. The molecule has 2 fully saturated rings. The second kappa shape index (κ2) is 10.1. The number of hydrogen-bond acceptors (Lipinski definition) is 4. The zero-order valence-corrected chi connectivity index (χ0v) is 19.5. The van der Waals surface area contributed by atoms with Crippen LogP contribution in [0.15, 0.2) is 47.1 Å². The molecule has 1 unspecified atom stereocenters. The molecule has 1 aromatic carbocycles. The van der Waals surface area contributed by atoms with E-state index in [0.717, 1.165) is 57.5 Å². The van der Waals surface area contributed by atoms with Crippen LogP contribution in [-0.2, 0) is 11.3 Å². The van der Waals surface area contributed by atoms with Gasteiger partial charge in [0.1, 0.15) is 11.8 Å². The number of piperidine rings is 1. The highest BCUT2D eigenvalue weighted by Gasteiger charge is 2.51. The van der Waals surface area contributed by atoms with E-state index in [-0.39, 0.29) is 17.9 Å². The lowest BCUT2D eigenvalue weighted by Crippen LogP contribution is -3.16. The van der Waals surface area contributed by atoms with Gasteiger partial charge in [0.2, 0.25) is 0 Å². The summed E-state index contributed by atoms with van der Waals surface area (Å²) in [6, 6.07) is 12.7. The Morgan fingerprint density at radius 1 is 1.19 bits per heavy atom. The number of benzene rings is 1. The van der Waals surface area contributed by atoms with Gasteiger partial charge in [0.05, 0.1) is 25.0 Å². The first-order valence-corrected chi connectivity index (χ1v) is 12.2. The van der Waals surface area contributed by atoms with E-state index in [4.69, 9.17) is 4.42 Å². The zero-order valence-electron chi connectivity index (χ0n) is 19.5. The van der Waals surface area contributed by atoms with Crippen molar-refractivity contribution < 1.29 is 19.2 Å². The standard InChI is InChI=1S/C26H37N3O3/c1-3-28(4-2)21-12-10-20(11-13-21)25-23-9-5-6-14-26(23,31)15-16-29(25)19-24(30)27-18-22-8-7-17-32-22/h7-8,10-13,17,23,25,31H,3-6,9,14-16,18-19H2,1-2H3,(H,27,30)/p+1/t23-,25+,26+/m0/s1. The summed E-state index contributed by atoms with van der Waals surface area (Å²) in [5.74, 6) is 0.983. The van der Waals surface area contributed by atoms with Crippen molar-refractivity contribution in [2.24, 2.45) is 5.92 Å². The second-order valence-corrected chi connectivity index (χ2v) is 9.39. The number of fused-ring (bicyclic) bond motifs is 1. The van der Waals surface area contributed by atoms with E-state index in [1.165, 1.54) is 16.2 Å². The number of carbonyl (C=O) groups is 1. The number of anilines is 1. The minimum absolute atomic E-state index is 0.0300. The molecule has 32 heavy (non-hydrogen) atoms. The number of quaternary nitrogens is 1. The minimum atomic E-state index is -0.603.